The lowest BCUT2D eigenvalue weighted by Gasteiger charge is -2.02. The van der Waals surface area contributed by atoms with Gasteiger partial charge < -0.3 is 0 Å². The van der Waals surface area contributed by atoms with Gasteiger partial charge in [0.05, 0.1) is 0 Å². The fraction of sp³-hybridized carbons (Fsp3) is 0.250. The maximum Gasteiger partial charge on any atom is 0.269 e. The molecule has 0 aromatic heterocycles. The highest BCUT2D eigenvalue weighted by Gasteiger charge is 2.32. The monoisotopic (exact) mass is 195 g/mol. The van der Waals surface area contributed by atoms with Crippen LogP contribution in [0.2, 0.25) is 0 Å². The summed E-state index contributed by atoms with van der Waals surface area (Å²) in [5, 5.41) is 16.1. The molecule has 6 heteroatoms. The Balaban J connectivity index is 4.76. The molecule has 0 radical (unpaired) electrons. The van der Waals surface area contributed by atoms with Crippen LogP contribution in [0.1, 0.15) is 0 Å². The van der Waals surface area contributed by atoms with Crippen LogP contribution in [0.25, 0.3) is 0 Å². The Hall–Kier alpha value is -0.480. The van der Waals surface area contributed by atoms with E-state index >= 15 is 0 Å². The van der Waals surface area contributed by atoms with Gasteiger partial charge in [-0.1, -0.05) is 23.2 Å². The van der Waals surface area contributed by atoms with E-state index in [4.69, 9.17) is 45.5 Å². The second-order valence-corrected chi connectivity index (χ2v) is 2.35. The summed E-state index contributed by atoms with van der Waals surface area (Å²) in [7, 11) is 0. The molecular formula is C4Cl3N3. The molecule has 0 rings (SSSR count). The van der Waals surface area contributed by atoms with Crippen LogP contribution in [-0.2, 0) is 0 Å². The average Bonchev–Trinajstić information content (AvgIpc) is 2.01. The van der Waals surface area contributed by atoms with Crippen molar-refractivity contribution in [1.82, 2.24) is 0 Å². The van der Waals surface area contributed by atoms with Gasteiger partial charge in [-0.15, -0.1) is 0 Å². The molecule has 0 saturated carbocycles. The van der Waals surface area contributed by atoms with Crippen molar-refractivity contribution < 1.29 is 0 Å². The van der Waals surface area contributed by atoms with Crippen molar-refractivity contribution in [2.75, 3.05) is 0 Å². The number of rotatable bonds is 1. The summed E-state index contributed by atoms with van der Waals surface area (Å²) < 4.78 is 2.88. The van der Waals surface area contributed by atoms with E-state index in [2.05, 4.69) is 4.51 Å². The molecule has 0 aliphatic carbocycles. The first-order valence-electron chi connectivity index (χ1n) is 1.97. The summed E-state index contributed by atoms with van der Waals surface area (Å²) in [5.74, 6) is 0. The smallest absolute Gasteiger partial charge is 0.195 e. The zero-order chi connectivity index (χ0) is 8.20. The first-order valence-corrected chi connectivity index (χ1v) is 3.06. The fourth-order valence-electron chi connectivity index (χ4n) is 0.175. The van der Waals surface area contributed by atoms with E-state index in [0.29, 0.717) is 0 Å². The molecule has 0 aromatic carbocycles. The van der Waals surface area contributed by atoms with Gasteiger partial charge in [0.15, 0.2) is 5.17 Å². The average molecular weight is 196 g/mol. The molecule has 0 fully saturated rings. The first-order chi connectivity index (χ1) is 4.60. The number of nitrogens with zero attached hydrogens (tertiary/aromatic N) is 3. The minimum atomic E-state index is -1.94. The van der Waals surface area contributed by atoms with Gasteiger partial charge >= 0.3 is 0 Å². The van der Waals surface area contributed by atoms with Gasteiger partial charge in [-0.2, -0.15) is 15.0 Å². The summed E-state index contributed by atoms with van der Waals surface area (Å²) in [4.78, 5) is -1.94. The highest BCUT2D eigenvalue weighted by molar-refractivity contribution is 6.75. The Morgan fingerprint density at radius 1 is 1.40 bits per heavy atom. The van der Waals surface area contributed by atoms with Gasteiger partial charge in [0.2, 0.25) is 0 Å². The normalized spacial score (nSPS) is 11.9. The number of hydrogen-bond donors (Lipinski definition) is 0. The molecule has 52 valence electrons. The third-order valence-corrected chi connectivity index (χ3v) is 1.73. The largest absolute Gasteiger partial charge is 0.269 e. The Morgan fingerprint density at radius 3 is 1.90 bits per heavy atom. The molecule has 0 aromatic rings. The lowest BCUT2D eigenvalue weighted by molar-refractivity contribution is 1.21. The third kappa shape index (κ3) is 1.75. The van der Waals surface area contributed by atoms with Crippen LogP contribution in [-0.4, -0.2) is 10.0 Å². The molecule has 10 heavy (non-hydrogen) atoms. The predicted octanol–water partition coefficient (Wildman–Crippen LogP) is 1.80. The van der Waals surface area contributed by atoms with Gasteiger partial charge in [-0.3, -0.25) is 0 Å². The summed E-state index contributed by atoms with van der Waals surface area (Å²) in [5.41, 5.74) is 0. The van der Waals surface area contributed by atoms with E-state index in [0.717, 1.165) is 0 Å². The molecule has 0 aliphatic rings. The van der Waals surface area contributed by atoms with Crippen LogP contribution < -0.4 is 0 Å². The molecule has 0 saturated heterocycles. The second kappa shape index (κ2) is 3.63. The number of halogens is 3. The number of nitriles is 2. The Labute approximate surface area is 72.5 Å². The van der Waals surface area contributed by atoms with Crippen molar-refractivity contribution in [2.45, 2.75) is 4.87 Å². The van der Waals surface area contributed by atoms with Crippen LogP contribution in [0.5, 0.6) is 0 Å². The quantitative estimate of drug-likeness (QED) is 0.474. The minimum absolute atomic E-state index is 0.444. The second-order valence-electron chi connectivity index (χ2n) is 1.26. The molecule has 0 bridgehead atoms. The molecule has 3 nitrogen and oxygen atoms in total. The first kappa shape index (κ1) is 9.52. The van der Waals surface area contributed by atoms with E-state index in [1.807, 2.05) is 0 Å². The molecular weight excluding hydrogens is 196 g/mol. The van der Waals surface area contributed by atoms with Crippen molar-refractivity contribution in [3.8, 4) is 12.1 Å². The van der Waals surface area contributed by atoms with E-state index in [1.165, 1.54) is 12.1 Å². The molecule has 0 heterocycles. The Bertz CT molecular complexity index is 219. The van der Waals surface area contributed by atoms with Gasteiger partial charge in [-0.05, 0) is 0 Å². The highest BCUT2D eigenvalue weighted by Crippen LogP contribution is 2.18. The highest BCUT2D eigenvalue weighted by atomic mass is 35.5. The van der Waals surface area contributed by atoms with E-state index in [-0.39, 0.29) is 0 Å². The van der Waals surface area contributed by atoms with Crippen molar-refractivity contribution >= 4 is 40.1 Å². The van der Waals surface area contributed by atoms with Crippen molar-refractivity contribution in [2.24, 2.45) is 4.51 Å². The Morgan fingerprint density at radius 2 is 1.80 bits per heavy atom. The van der Waals surface area contributed by atoms with Gasteiger partial charge in [0.25, 0.3) is 4.87 Å². The number of alkyl halides is 1. The SMILES string of the molecule is N#CC(Cl)(C#N)C(Cl)=NCl. The fourth-order valence-corrected chi connectivity index (χ4v) is 0.472. The van der Waals surface area contributed by atoms with Crippen molar-refractivity contribution in [3.63, 3.8) is 0 Å². The molecule has 0 atom stereocenters. The zero-order valence-electron chi connectivity index (χ0n) is 4.48. The van der Waals surface area contributed by atoms with E-state index in [9.17, 15) is 0 Å². The van der Waals surface area contributed by atoms with Crippen LogP contribution in [0.3, 0.4) is 0 Å². The minimum Gasteiger partial charge on any atom is -0.195 e. The molecule has 0 N–H and O–H groups in total. The topological polar surface area (TPSA) is 59.9 Å². The van der Waals surface area contributed by atoms with Crippen LogP contribution in [0.4, 0.5) is 0 Å². The Kier molecular flexibility index (Phi) is 3.46. The van der Waals surface area contributed by atoms with Gasteiger partial charge in [0, 0.05) is 11.8 Å². The van der Waals surface area contributed by atoms with E-state index in [1.54, 1.807) is 0 Å². The maximum absolute atomic E-state index is 8.26. The third-order valence-electron chi connectivity index (χ3n) is 0.667. The van der Waals surface area contributed by atoms with Crippen LogP contribution >= 0.6 is 35.0 Å². The van der Waals surface area contributed by atoms with Gasteiger partial charge in [-0.25, -0.2) is 0 Å². The lowest BCUT2D eigenvalue weighted by atomic mass is 10.2. The van der Waals surface area contributed by atoms with Crippen molar-refractivity contribution in [1.29, 1.82) is 10.5 Å². The van der Waals surface area contributed by atoms with Gasteiger partial charge in [0.1, 0.15) is 12.1 Å². The number of hydrogen-bond acceptors (Lipinski definition) is 3. The maximum atomic E-state index is 8.26. The van der Waals surface area contributed by atoms with E-state index < -0.39 is 10.0 Å². The molecule has 0 amide bonds. The van der Waals surface area contributed by atoms with Crippen LogP contribution in [0.15, 0.2) is 4.51 Å². The molecule has 0 spiro atoms. The summed E-state index contributed by atoms with van der Waals surface area (Å²) in [6, 6.07) is 2.87. The van der Waals surface area contributed by atoms with Crippen LogP contribution in [0, 0.1) is 22.7 Å². The zero-order valence-corrected chi connectivity index (χ0v) is 6.74. The lowest BCUT2D eigenvalue weighted by Crippen LogP contribution is -2.23. The standard InChI is InChI=1S/C4Cl3N3/c5-3(10-7)4(6,1-8)2-9. The van der Waals surface area contributed by atoms with Crippen molar-refractivity contribution in [3.05, 3.63) is 0 Å². The molecule has 0 aliphatic heterocycles. The summed E-state index contributed by atoms with van der Waals surface area (Å²) in [6.45, 7) is 0. The predicted molar refractivity (Wildman–Crippen MR) is 39.0 cm³/mol. The summed E-state index contributed by atoms with van der Waals surface area (Å²) >= 11 is 15.4. The molecule has 0 unspecified atom stereocenters. The summed E-state index contributed by atoms with van der Waals surface area (Å²) in [6.07, 6.45) is 0.